The first-order valence-electron chi connectivity index (χ1n) is 14.4. The second-order valence-electron chi connectivity index (χ2n) is 10.7. The number of anilines is 5. The molecule has 6 aromatic rings. The first-order valence-corrected chi connectivity index (χ1v) is 14.4. The van der Waals surface area contributed by atoms with E-state index in [1.165, 1.54) is 38.6 Å². The summed E-state index contributed by atoms with van der Waals surface area (Å²) in [6, 6.07) is 49.9. The molecule has 198 valence electrons. The summed E-state index contributed by atoms with van der Waals surface area (Å²) in [5.74, 6) is 0.477. The molecule has 0 saturated heterocycles. The Labute approximate surface area is 242 Å². The van der Waals surface area contributed by atoms with E-state index in [1.807, 2.05) is 0 Å². The highest BCUT2D eigenvalue weighted by molar-refractivity contribution is 6.22. The molecule has 0 aromatic heterocycles. The van der Waals surface area contributed by atoms with E-state index in [0.29, 0.717) is 5.92 Å². The summed E-state index contributed by atoms with van der Waals surface area (Å²) in [6.07, 6.45) is 8.06. The summed E-state index contributed by atoms with van der Waals surface area (Å²) >= 11 is 0. The molecule has 6 aromatic carbocycles. The summed E-state index contributed by atoms with van der Waals surface area (Å²) in [4.78, 5) is 4.86. The van der Waals surface area contributed by atoms with Crippen LogP contribution in [-0.4, -0.2) is 0 Å². The van der Waals surface area contributed by atoms with Gasteiger partial charge in [-0.15, -0.1) is 0 Å². The van der Waals surface area contributed by atoms with Crippen LogP contribution >= 0.6 is 0 Å². The van der Waals surface area contributed by atoms with Crippen molar-refractivity contribution in [3.63, 3.8) is 0 Å². The topological polar surface area (TPSA) is 6.48 Å². The van der Waals surface area contributed by atoms with Gasteiger partial charge in [-0.3, -0.25) is 0 Å². The largest absolute Gasteiger partial charge is 0.310 e. The summed E-state index contributed by atoms with van der Waals surface area (Å²) < 4.78 is 0. The van der Waals surface area contributed by atoms with Gasteiger partial charge in [-0.25, -0.2) is 0 Å². The fraction of sp³-hybridized carbons (Fsp3) is 0.0769. The Kier molecular flexibility index (Phi) is 6.58. The highest BCUT2D eigenvalue weighted by Crippen LogP contribution is 2.50. The molecule has 41 heavy (non-hydrogen) atoms. The van der Waals surface area contributed by atoms with E-state index < -0.39 is 0 Å². The standard InChI is InChI=1S/C39H32N2/c1-29-16-15-23-33(28-29)41(32-21-9-4-10-22-32)39-36-26-13-11-24-34(36)38(35-25-12-14-27-37(35)39)40(30-17-5-2-6-18-30)31-19-7-3-8-20-31/h2-15,17-29H,16H2,1H3. The number of nitrogens with zero attached hydrogens (tertiary/aromatic N) is 2. The molecule has 0 saturated carbocycles. The lowest BCUT2D eigenvalue weighted by Gasteiger charge is -2.34. The van der Waals surface area contributed by atoms with Crippen molar-refractivity contribution in [3.05, 3.63) is 163 Å². The monoisotopic (exact) mass is 528 g/mol. The lowest BCUT2D eigenvalue weighted by Crippen LogP contribution is -2.19. The minimum atomic E-state index is 0.477. The van der Waals surface area contributed by atoms with E-state index in [1.54, 1.807) is 0 Å². The molecule has 0 N–H and O–H groups in total. The van der Waals surface area contributed by atoms with Crippen molar-refractivity contribution in [2.45, 2.75) is 13.3 Å². The molecule has 0 radical (unpaired) electrons. The van der Waals surface area contributed by atoms with Crippen LogP contribution in [0.4, 0.5) is 28.4 Å². The molecule has 0 spiro atoms. The SMILES string of the molecule is CC1C=C(N(c2ccccc2)c2c3ccccc3c(N(c3ccccc3)c3ccccc3)c3ccccc23)C=CC1. The van der Waals surface area contributed by atoms with Gasteiger partial charge in [0.1, 0.15) is 0 Å². The molecule has 1 aliphatic rings. The number of fused-ring (bicyclic) bond motifs is 2. The van der Waals surface area contributed by atoms with Crippen LogP contribution in [-0.2, 0) is 0 Å². The van der Waals surface area contributed by atoms with Gasteiger partial charge < -0.3 is 9.80 Å². The predicted octanol–water partition coefficient (Wildman–Crippen LogP) is 11.1. The molecule has 0 aliphatic heterocycles. The van der Waals surface area contributed by atoms with E-state index in [0.717, 1.165) is 23.5 Å². The zero-order chi connectivity index (χ0) is 27.6. The van der Waals surface area contributed by atoms with E-state index in [2.05, 4.69) is 174 Å². The second-order valence-corrected chi connectivity index (χ2v) is 10.7. The maximum atomic E-state index is 2.45. The highest BCUT2D eigenvalue weighted by Gasteiger charge is 2.25. The molecule has 1 unspecified atom stereocenters. The lowest BCUT2D eigenvalue weighted by atomic mass is 9.94. The third-order valence-corrected chi connectivity index (χ3v) is 7.87. The van der Waals surface area contributed by atoms with Crippen molar-refractivity contribution in [3.8, 4) is 0 Å². The summed E-state index contributed by atoms with van der Waals surface area (Å²) in [5, 5.41) is 4.86. The van der Waals surface area contributed by atoms with Crippen LogP contribution in [0.25, 0.3) is 21.5 Å². The summed E-state index contributed by atoms with van der Waals surface area (Å²) in [7, 11) is 0. The molecule has 2 nitrogen and oxygen atoms in total. The Morgan fingerprint density at radius 2 is 0.829 bits per heavy atom. The van der Waals surface area contributed by atoms with Gasteiger partial charge >= 0.3 is 0 Å². The van der Waals surface area contributed by atoms with Crippen molar-refractivity contribution in [1.82, 2.24) is 0 Å². The van der Waals surface area contributed by atoms with Gasteiger partial charge in [0.2, 0.25) is 0 Å². The Morgan fingerprint density at radius 1 is 0.463 bits per heavy atom. The van der Waals surface area contributed by atoms with Crippen molar-refractivity contribution in [2.24, 2.45) is 5.92 Å². The van der Waals surface area contributed by atoms with Gasteiger partial charge in [-0.2, -0.15) is 0 Å². The van der Waals surface area contributed by atoms with Crippen LogP contribution in [0.2, 0.25) is 0 Å². The molecule has 0 fully saturated rings. The van der Waals surface area contributed by atoms with E-state index in [9.17, 15) is 0 Å². The molecule has 1 aliphatic carbocycles. The Hall–Kier alpha value is -5.08. The third kappa shape index (κ3) is 4.58. The minimum Gasteiger partial charge on any atom is -0.310 e. The molecule has 7 rings (SSSR count). The normalized spacial score (nSPS) is 14.7. The van der Waals surface area contributed by atoms with Crippen LogP contribution in [0.5, 0.6) is 0 Å². The van der Waals surface area contributed by atoms with Crippen molar-refractivity contribution >= 4 is 50.0 Å². The van der Waals surface area contributed by atoms with Crippen molar-refractivity contribution in [1.29, 1.82) is 0 Å². The Bertz CT molecular complexity index is 1780. The Balaban J connectivity index is 1.60. The molecule has 2 heteroatoms. The molecule has 1 atom stereocenters. The first kappa shape index (κ1) is 24.9. The van der Waals surface area contributed by atoms with Crippen LogP contribution in [0.3, 0.4) is 0 Å². The number of allylic oxidation sites excluding steroid dienone is 3. The fourth-order valence-electron chi connectivity index (χ4n) is 6.08. The Morgan fingerprint density at radius 3 is 1.24 bits per heavy atom. The van der Waals surface area contributed by atoms with Gasteiger partial charge in [0.05, 0.1) is 11.4 Å². The van der Waals surface area contributed by atoms with Gasteiger partial charge in [0.15, 0.2) is 0 Å². The van der Waals surface area contributed by atoms with Gasteiger partial charge in [-0.05, 0) is 54.8 Å². The second kappa shape index (κ2) is 10.8. The first-order chi connectivity index (χ1) is 20.3. The summed E-state index contributed by atoms with van der Waals surface area (Å²) in [5.41, 5.74) is 7.02. The predicted molar refractivity (Wildman–Crippen MR) is 176 cm³/mol. The number of hydrogen-bond acceptors (Lipinski definition) is 2. The maximum absolute atomic E-state index is 2.45. The van der Waals surface area contributed by atoms with Crippen LogP contribution in [0, 0.1) is 5.92 Å². The van der Waals surface area contributed by atoms with Gasteiger partial charge in [0.25, 0.3) is 0 Å². The molecular formula is C39H32N2. The van der Waals surface area contributed by atoms with E-state index in [4.69, 9.17) is 0 Å². The molecule has 0 heterocycles. The molecule has 0 amide bonds. The number of rotatable bonds is 6. The van der Waals surface area contributed by atoms with E-state index >= 15 is 0 Å². The number of hydrogen-bond donors (Lipinski definition) is 0. The summed E-state index contributed by atoms with van der Waals surface area (Å²) in [6.45, 7) is 2.30. The van der Waals surface area contributed by atoms with Crippen LogP contribution in [0.15, 0.2) is 163 Å². The highest BCUT2D eigenvalue weighted by atomic mass is 15.2. The molecular weight excluding hydrogens is 496 g/mol. The smallest absolute Gasteiger partial charge is 0.0619 e. The average Bonchev–Trinajstić information content (AvgIpc) is 3.04. The molecule has 0 bridgehead atoms. The van der Waals surface area contributed by atoms with Crippen molar-refractivity contribution < 1.29 is 0 Å². The van der Waals surface area contributed by atoms with Crippen LogP contribution < -0.4 is 9.80 Å². The van der Waals surface area contributed by atoms with Gasteiger partial charge in [-0.1, -0.05) is 122 Å². The maximum Gasteiger partial charge on any atom is 0.0619 e. The average molecular weight is 529 g/mol. The van der Waals surface area contributed by atoms with Crippen molar-refractivity contribution in [2.75, 3.05) is 9.80 Å². The van der Waals surface area contributed by atoms with Crippen LogP contribution in [0.1, 0.15) is 13.3 Å². The number of para-hydroxylation sites is 3. The quantitative estimate of drug-likeness (QED) is 0.157. The lowest BCUT2D eigenvalue weighted by molar-refractivity contribution is 0.726. The zero-order valence-electron chi connectivity index (χ0n) is 23.2. The van der Waals surface area contributed by atoms with E-state index in [-0.39, 0.29) is 0 Å². The zero-order valence-corrected chi connectivity index (χ0v) is 23.2. The van der Waals surface area contributed by atoms with Gasteiger partial charge in [0, 0.05) is 44.3 Å². The minimum absolute atomic E-state index is 0.477. The number of benzene rings is 6. The third-order valence-electron chi connectivity index (χ3n) is 7.87. The fourth-order valence-corrected chi connectivity index (χ4v) is 6.08.